The molecule has 2 aromatic rings. The Hall–Kier alpha value is -2.63. The number of hydrogen-bond acceptors (Lipinski definition) is 5. The second-order valence-corrected chi connectivity index (χ2v) is 6.32. The molecule has 1 aromatic heterocycles. The number of nitrogens with one attached hydrogen (secondary N) is 1. The van der Waals surface area contributed by atoms with Gasteiger partial charge in [-0.05, 0) is 18.9 Å². The number of aromatic nitrogens is 2. The van der Waals surface area contributed by atoms with Crippen LogP contribution in [0.3, 0.4) is 0 Å². The summed E-state index contributed by atoms with van der Waals surface area (Å²) in [6.07, 6.45) is 0.764. The Morgan fingerprint density at radius 3 is 2.71 bits per heavy atom. The summed E-state index contributed by atoms with van der Waals surface area (Å²) in [7, 11) is 3.88. The number of hydrogen-bond donors (Lipinski definition) is 1. The van der Waals surface area contributed by atoms with Gasteiger partial charge in [-0.15, -0.1) is 0 Å². The molecule has 3 rings (SSSR count). The van der Waals surface area contributed by atoms with Crippen LogP contribution in [0.15, 0.2) is 36.4 Å². The highest BCUT2D eigenvalue weighted by atomic mass is 16.2. The summed E-state index contributed by atoms with van der Waals surface area (Å²) in [6, 6.07) is 11.7. The fourth-order valence-corrected chi connectivity index (χ4v) is 2.84. The van der Waals surface area contributed by atoms with Gasteiger partial charge in [0.1, 0.15) is 11.9 Å². The fourth-order valence-electron chi connectivity index (χ4n) is 2.84. The lowest BCUT2D eigenvalue weighted by Crippen LogP contribution is -2.33. The Labute approximate surface area is 142 Å². The predicted octanol–water partition coefficient (Wildman–Crippen LogP) is 2.06. The third kappa shape index (κ3) is 3.64. The van der Waals surface area contributed by atoms with Crippen molar-refractivity contribution in [2.75, 3.05) is 30.9 Å². The first-order chi connectivity index (χ1) is 11.5. The molecule has 0 radical (unpaired) electrons. The molecule has 1 atom stereocenters. The molecule has 6 nitrogen and oxygen atoms in total. The van der Waals surface area contributed by atoms with Crippen molar-refractivity contribution in [2.24, 2.45) is 0 Å². The van der Waals surface area contributed by atoms with E-state index in [-0.39, 0.29) is 11.9 Å². The Morgan fingerprint density at radius 2 is 2.00 bits per heavy atom. The summed E-state index contributed by atoms with van der Waals surface area (Å²) in [6.45, 7) is 3.32. The van der Waals surface area contributed by atoms with Crippen LogP contribution in [0, 0.1) is 6.92 Å². The summed E-state index contributed by atoms with van der Waals surface area (Å²) in [5.74, 6) is 1.45. The molecule has 1 amide bonds. The second kappa shape index (κ2) is 6.86. The summed E-state index contributed by atoms with van der Waals surface area (Å²) in [4.78, 5) is 25.3. The van der Waals surface area contributed by atoms with Crippen molar-refractivity contribution < 1.29 is 4.79 Å². The van der Waals surface area contributed by atoms with Crippen LogP contribution in [0.2, 0.25) is 0 Å². The minimum absolute atomic E-state index is 0.107. The van der Waals surface area contributed by atoms with Crippen molar-refractivity contribution in [3.8, 4) is 0 Å². The topological polar surface area (TPSA) is 61.4 Å². The molecule has 1 aliphatic rings. The lowest BCUT2D eigenvalue weighted by Gasteiger charge is -2.18. The Morgan fingerprint density at radius 1 is 1.25 bits per heavy atom. The molecule has 0 bridgehead atoms. The summed E-state index contributed by atoms with van der Waals surface area (Å²) in [5, 5.41) is 3.20. The van der Waals surface area contributed by atoms with E-state index in [2.05, 4.69) is 15.3 Å². The molecular weight excluding hydrogens is 302 g/mol. The van der Waals surface area contributed by atoms with Crippen LogP contribution in [0.5, 0.6) is 0 Å². The zero-order chi connectivity index (χ0) is 17.1. The van der Waals surface area contributed by atoms with Gasteiger partial charge >= 0.3 is 0 Å². The van der Waals surface area contributed by atoms with E-state index in [4.69, 9.17) is 0 Å². The van der Waals surface area contributed by atoms with Crippen molar-refractivity contribution in [1.29, 1.82) is 0 Å². The number of anilines is 2. The Bertz CT molecular complexity index is 717. The van der Waals surface area contributed by atoms with Crippen molar-refractivity contribution >= 4 is 17.7 Å². The number of carbonyl (C=O) groups is 1. The Balaban J connectivity index is 1.68. The average Bonchev–Trinajstić information content (AvgIpc) is 2.88. The molecule has 0 saturated carbocycles. The fraction of sp³-hybridized carbons (Fsp3) is 0.389. The van der Waals surface area contributed by atoms with Crippen LogP contribution in [0.1, 0.15) is 17.7 Å². The summed E-state index contributed by atoms with van der Waals surface area (Å²) in [5.41, 5.74) is 2.02. The lowest BCUT2D eigenvalue weighted by molar-refractivity contribution is -0.128. The van der Waals surface area contributed by atoms with Crippen LogP contribution in [0.25, 0.3) is 0 Å². The lowest BCUT2D eigenvalue weighted by atomic mass is 10.2. The average molecular weight is 325 g/mol. The van der Waals surface area contributed by atoms with Gasteiger partial charge in [0.25, 0.3) is 0 Å². The molecule has 24 heavy (non-hydrogen) atoms. The van der Waals surface area contributed by atoms with E-state index in [0.717, 1.165) is 30.0 Å². The van der Waals surface area contributed by atoms with E-state index >= 15 is 0 Å². The molecule has 1 saturated heterocycles. The van der Waals surface area contributed by atoms with Crippen LogP contribution in [-0.2, 0) is 11.3 Å². The molecule has 6 heteroatoms. The van der Waals surface area contributed by atoms with E-state index in [9.17, 15) is 4.79 Å². The van der Waals surface area contributed by atoms with Gasteiger partial charge < -0.3 is 15.1 Å². The zero-order valence-electron chi connectivity index (χ0n) is 14.4. The van der Waals surface area contributed by atoms with E-state index in [1.807, 2.05) is 67.2 Å². The minimum atomic E-state index is -0.259. The molecule has 126 valence electrons. The van der Waals surface area contributed by atoms with Crippen molar-refractivity contribution in [2.45, 2.75) is 25.9 Å². The zero-order valence-corrected chi connectivity index (χ0v) is 14.4. The van der Waals surface area contributed by atoms with Crippen LogP contribution in [0.4, 0.5) is 11.8 Å². The van der Waals surface area contributed by atoms with Gasteiger partial charge in [0.15, 0.2) is 0 Å². The largest absolute Gasteiger partial charge is 0.363 e. The quantitative estimate of drug-likeness (QED) is 0.912. The number of likely N-dealkylation sites (tertiary alicyclic amines) is 1. The molecular formula is C18H23N5O. The van der Waals surface area contributed by atoms with Gasteiger partial charge in [0, 0.05) is 38.9 Å². The van der Waals surface area contributed by atoms with Crippen molar-refractivity contribution in [3.63, 3.8) is 0 Å². The SMILES string of the molecule is Cc1cc(N(C)C)nc(NC2CCN(Cc3ccccc3)C2=O)n1. The third-order valence-corrected chi connectivity index (χ3v) is 4.12. The molecule has 2 heterocycles. The highest BCUT2D eigenvalue weighted by Crippen LogP contribution is 2.19. The maximum atomic E-state index is 12.6. The maximum Gasteiger partial charge on any atom is 0.245 e. The Kier molecular flexibility index (Phi) is 4.64. The molecule has 1 unspecified atom stereocenters. The van der Waals surface area contributed by atoms with Gasteiger partial charge in [0.2, 0.25) is 11.9 Å². The number of carbonyl (C=O) groups excluding carboxylic acids is 1. The van der Waals surface area contributed by atoms with Gasteiger partial charge in [-0.25, -0.2) is 4.98 Å². The van der Waals surface area contributed by atoms with E-state index in [1.165, 1.54) is 0 Å². The smallest absolute Gasteiger partial charge is 0.245 e. The molecule has 0 aliphatic carbocycles. The van der Waals surface area contributed by atoms with Crippen molar-refractivity contribution in [1.82, 2.24) is 14.9 Å². The standard InChI is InChI=1S/C18H23N5O/c1-13-11-16(22(2)3)21-18(19-13)20-15-9-10-23(17(15)24)12-14-7-5-4-6-8-14/h4-8,11,15H,9-10,12H2,1-3H3,(H,19,20,21). The number of amides is 1. The maximum absolute atomic E-state index is 12.6. The highest BCUT2D eigenvalue weighted by molar-refractivity contribution is 5.86. The highest BCUT2D eigenvalue weighted by Gasteiger charge is 2.32. The van der Waals surface area contributed by atoms with Crippen molar-refractivity contribution in [3.05, 3.63) is 47.7 Å². The monoisotopic (exact) mass is 325 g/mol. The van der Waals surface area contributed by atoms with Gasteiger partial charge in [-0.1, -0.05) is 30.3 Å². The van der Waals surface area contributed by atoms with Gasteiger partial charge in [0.05, 0.1) is 0 Å². The number of aryl methyl sites for hydroxylation is 1. The first-order valence-electron chi connectivity index (χ1n) is 8.15. The number of rotatable bonds is 5. The molecule has 1 aliphatic heterocycles. The minimum Gasteiger partial charge on any atom is -0.363 e. The second-order valence-electron chi connectivity index (χ2n) is 6.32. The normalized spacial score (nSPS) is 17.2. The molecule has 1 N–H and O–H groups in total. The van der Waals surface area contributed by atoms with Gasteiger partial charge in [-0.3, -0.25) is 4.79 Å². The first kappa shape index (κ1) is 16.2. The van der Waals surface area contributed by atoms with Crippen LogP contribution < -0.4 is 10.2 Å². The summed E-state index contributed by atoms with van der Waals surface area (Å²) >= 11 is 0. The van der Waals surface area contributed by atoms with E-state index in [1.54, 1.807) is 0 Å². The summed E-state index contributed by atoms with van der Waals surface area (Å²) < 4.78 is 0. The third-order valence-electron chi connectivity index (χ3n) is 4.12. The van der Waals surface area contributed by atoms with Crippen LogP contribution >= 0.6 is 0 Å². The van der Waals surface area contributed by atoms with E-state index < -0.39 is 0 Å². The molecule has 0 spiro atoms. The number of benzene rings is 1. The van der Waals surface area contributed by atoms with E-state index in [0.29, 0.717) is 12.5 Å². The molecule has 1 fully saturated rings. The van der Waals surface area contributed by atoms with Crippen LogP contribution in [-0.4, -0.2) is 47.5 Å². The van der Waals surface area contributed by atoms with Gasteiger partial charge in [-0.2, -0.15) is 4.98 Å². The molecule has 1 aromatic carbocycles. The number of nitrogens with zero attached hydrogens (tertiary/aromatic N) is 4. The predicted molar refractivity (Wildman–Crippen MR) is 95.0 cm³/mol. The first-order valence-corrected chi connectivity index (χ1v) is 8.15.